The molecule has 1 heterocycles. The molecule has 3 nitrogen and oxygen atoms in total. The Labute approximate surface area is 78.8 Å². The van der Waals surface area contributed by atoms with Crippen molar-refractivity contribution in [3.8, 4) is 0 Å². The third-order valence-corrected chi connectivity index (χ3v) is 2.97. The first kappa shape index (κ1) is 9.74. The highest BCUT2D eigenvalue weighted by molar-refractivity contribution is 7.80. The van der Waals surface area contributed by atoms with Crippen LogP contribution in [0.25, 0.3) is 0 Å². The summed E-state index contributed by atoms with van der Waals surface area (Å²) in [6.45, 7) is 7.30. The predicted molar refractivity (Wildman–Crippen MR) is 52.8 cm³/mol. The molecule has 1 aliphatic heterocycles. The van der Waals surface area contributed by atoms with E-state index in [1.807, 2.05) is 25.7 Å². The molecule has 0 aromatic heterocycles. The molecule has 1 saturated heterocycles. The van der Waals surface area contributed by atoms with E-state index in [9.17, 15) is 5.11 Å². The van der Waals surface area contributed by atoms with Crippen LogP contribution in [0.2, 0.25) is 0 Å². The number of hydrogen-bond donors (Lipinski definition) is 2. The standard InChI is InChI=1S/C8H16N2OS/c1-4-10-7(12)9-5-6(2)8(10,3)11/h6,11H,4-5H2,1-3H3,(H,9,12). The van der Waals surface area contributed by atoms with Gasteiger partial charge in [0.15, 0.2) is 5.11 Å². The van der Waals surface area contributed by atoms with Crippen molar-refractivity contribution >= 4 is 17.3 Å². The fraction of sp³-hybridized carbons (Fsp3) is 0.875. The van der Waals surface area contributed by atoms with Gasteiger partial charge in [0.05, 0.1) is 0 Å². The van der Waals surface area contributed by atoms with Gasteiger partial charge in [0.2, 0.25) is 0 Å². The number of hydrogen-bond acceptors (Lipinski definition) is 2. The molecule has 0 bridgehead atoms. The van der Waals surface area contributed by atoms with Crippen LogP contribution in [0.1, 0.15) is 20.8 Å². The Balaban J connectivity index is 2.83. The average Bonchev–Trinajstić information content (AvgIpc) is 1.98. The predicted octanol–water partition coefficient (Wildman–Crippen LogP) is 0.541. The zero-order valence-corrected chi connectivity index (χ0v) is 8.61. The molecule has 1 fully saturated rings. The third kappa shape index (κ3) is 1.41. The zero-order valence-electron chi connectivity index (χ0n) is 7.79. The average molecular weight is 188 g/mol. The monoisotopic (exact) mass is 188 g/mol. The molecule has 0 aliphatic carbocycles. The van der Waals surface area contributed by atoms with Crippen LogP contribution in [-0.4, -0.2) is 33.9 Å². The van der Waals surface area contributed by atoms with Crippen LogP contribution >= 0.6 is 12.2 Å². The van der Waals surface area contributed by atoms with Gasteiger partial charge in [-0.25, -0.2) is 0 Å². The van der Waals surface area contributed by atoms with Gasteiger partial charge >= 0.3 is 0 Å². The Kier molecular flexibility index (Phi) is 2.58. The molecular weight excluding hydrogens is 172 g/mol. The second-order valence-corrected chi connectivity index (χ2v) is 3.81. The molecule has 4 heteroatoms. The quantitative estimate of drug-likeness (QED) is 0.589. The lowest BCUT2D eigenvalue weighted by atomic mass is 9.96. The maximum absolute atomic E-state index is 10.1. The van der Waals surface area contributed by atoms with Gasteiger partial charge in [0, 0.05) is 19.0 Å². The Morgan fingerprint density at radius 2 is 2.42 bits per heavy atom. The smallest absolute Gasteiger partial charge is 0.171 e. The summed E-state index contributed by atoms with van der Waals surface area (Å²) < 4.78 is 0. The number of rotatable bonds is 1. The summed E-state index contributed by atoms with van der Waals surface area (Å²) in [5.74, 6) is 0.198. The molecule has 0 saturated carbocycles. The van der Waals surface area contributed by atoms with E-state index in [-0.39, 0.29) is 5.92 Å². The largest absolute Gasteiger partial charge is 0.371 e. The summed E-state index contributed by atoms with van der Waals surface area (Å²) >= 11 is 5.08. The molecule has 0 radical (unpaired) electrons. The third-order valence-electron chi connectivity index (χ3n) is 2.60. The lowest BCUT2D eigenvalue weighted by Gasteiger charge is -2.46. The fourth-order valence-electron chi connectivity index (χ4n) is 1.46. The maximum atomic E-state index is 10.1. The second kappa shape index (κ2) is 3.18. The van der Waals surface area contributed by atoms with E-state index in [1.54, 1.807) is 0 Å². The Bertz CT molecular complexity index is 193. The van der Waals surface area contributed by atoms with E-state index < -0.39 is 5.72 Å². The SMILES string of the molecule is CCN1C(=S)NCC(C)C1(C)O. The minimum atomic E-state index is -0.795. The van der Waals surface area contributed by atoms with Gasteiger partial charge in [-0.3, -0.25) is 0 Å². The molecule has 0 spiro atoms. The molecule has 12 heavy (non-hydrogen) atoms. The molecule has 1 aliphatic rings. The first-order valence-electron chi connectivity index (χ1n) is 4.28. The first-order chi connectivity index (χ1) is 5.50. The summed E-state index contributed by atoms with van der Waals surface area (Å²) in [5, 5.41) is 13.8. The van der Waals surface area contributed by atoms with Crippen LogP contribution in [-0.2, 0) is 0 Å². The van der Waals surface area contributed by atoms with Crippen molar-refractivity contribution < 1.29 is 5.11 Å². The van der Waals surface area contributed by atoms with Crippen molar-refractivity contribution in [2.45, 2.75) is 26.5 Å². The van der Waals surface area contributed by atoms with Gasteiger partial charge in [-0.2, -0.15) is 0 Å². The van der Waals surface area contributed by atoms with Crippen molar-refractivity contribution in [3.63, 3.8) is 0 Å². The molecule has 70 valence electrons. The van der Waals surface area contributed by atoms with Crippen LogP contribution in [0.5, 0.6) is 0 Å². The van der Waals surface area contributed by atoms with Crippen molar-refractivity contribution in [3.05, 3.63) is 0 Å². The van der Waals surface area contributed by atoms with Crippen molar-refractivity contribution in [2.24, 2.45) is 5.92 Å². The summed E-state index contributed by atoms with van der Waals surface area (Å²) in [7, 11) is 0. The van der Waals surface area contributed by atoms with E-state index in [2.05, 4.69) is 5.32 Å². The molecule has 2 atom stereocenters. The minimum absolute atomic E-state index is 0.198. The van der Waals surface area contributed by atoms with Crippen molar-refractivity contribution in [1.82, 2.24) is 10.2 Å². The van der Waals surface area contributed by atoms with E-state index >= 15 is 0 Å². The Morgan fingerprint density at radius 1 is 1.83 bits per heavy atom. The van der Waals surface area contributed by atoms with Gasteiger partial charge in [-0.1, -0.05) is 6.92 Å². The fourth-order valence-corrected chi connectivity index (χ4v) is 1.86. The lowest BCUT2D eigenvalue weighted by Crippen LogP contribution is -2.63. The van der Waals surface area contributed by atoms with Gasteiger partial charge in [-0.05, 0) is 26.1 Å². The highest BCUT2D eigenvalue weighted by Gasteiger charge is 2.39. The molecule has 0 aromatic rings. The van der Waals surface area contributed by atoms with Gasteiger partial charge in [0.1, 0.15) is 5.72 Å². The Hall–Kier alpha value is -0.350. The van der Waals surface area contributed by atoms with E-state index in [1.165, 1.54) is 0 Å². The first-order valence-corrected chi connectivity index (χ1v) is 4.68. The topological polar surface area (TPSA) is 35.5 Å². The molecule has 2 unspecified atom stereocenters. The molecule has 0 aromatic carbocycles. The van der Waals surface area contributed by atoms with Crippen LogP contribution in [0.3, 0.4) is 0 Å². The maximum Gasteiger partial charge on any atom is 0.171 e. The van der Waals surface area contributed by atoms with Crippen molar-refractivity contribution in [1.29, 1.82) is 0 Å². The van der Waals surface area contributed by atoms with Crippen LogP contribution in [0, 0.1) is 5.92 Å². The van der Waals surface area contributed by atoms with E-state index in [0.29, 0.717) is 5.11 Å². The van der Waals surface area contributed by atoms with Crippen LogP contribution in [0.15, 0.2) is 0 Å². The van der Waals surface area contributed by atoms with Gasteiger partial charge in [0.25, 0.3) is 0 Å². The van der Waals surface area contributed by atoms with E-state index in [4.69, 9.17) is 12.2 Å². The highest BCUT2D eigenvalue weighted by Crippen LogP contribution is 2.24. The zero-order chi connectivity index (χ0) is 9.35. The molecular formula is C8H16N2OS. The lowest BCUT2D eigenvalue weighted by molar-refractivity contribution is -0.102. The number of nitrogens with zero attached hydrogens (tertiary/aromatic N) is 1. The number of aliphatic hydroxyl groups is 1. The number of nitrogens with one attached hydrogen (secondary N) is 1. The highest BCUT2D eigenvalue weighted by atomic mass is 32.1. The Morgan fingerprint density at radius 3 is 2.83 bits per heavy atom. The molecule has 0 amide bonds. The summed E-state index contributed by atoms with van der Waals surface area (Å²) in [5.41, 5.74) is -0.795. The molecule has 1 rings (SSSR count). The van der Waals surface area contributed by atoms with Crippen LogP contribution in [0.4, 0.5) is 0 Å². The summed E-state index contributed by atoms with van der Waals surface area (Å²) in [4.78, 5) is 1.82. The van der Waals surface area contributed by atoms with Gasteiger partial charge in [-0.15, -0.1) is 0 Å². The van der Waals surface area contributed by atoms with E-state index in [0.717, 1.165) is 13.1 Å². The van der Waals surface area contributed by atoms with Gasteiger partial charge < -0.3 is 15.3 Å². The molecule has 2 N–H and O–H groups in total. The summed E-state index contributed by atoms with van der Waals surface area (Å²) in [6.07, 6.45) is 0. The van der Waals surface area contributed by atoms with Crippen molar-refractivity contribution in [2.75, 3.05) is 13.1 Å². The van der Waals surface area contributed by atoms with Crippen LogP contribution < -0.4 is 5.32 Å². The second-order valence-electron chi connectivity index (χ2n) is 3.43. The number of thiocarbonyl (C=S) groups is 1. The normalized spacial score (nSPS) is 36.5. The summed E-state index contributed by atoms with van der Waals surface area (Å²) in [6, 6.07) is 0. The minimum Gasteiger partial charge on any atom is -0.371 e.